The Morgan fingerprint density at radius 3 is 2.77 bits per heavy atom. The van der Waals surface area contributed by atoms with Gasteiger partial charge in [0.05, 0.1) is 0 Å². The number of hydrogen-bond donors (Lipinski definition) is 1. The molecule has 0 aliphatic rings. The lowest BCUT2D eigenvalue weighted by molar-refractivity contribution is 0.0529. The first-order chi connectivity index (χ1) is 10.3. The molecule has 1 N–H and O–H groups in total. The van der Waals surface area contributed by atoms with Crippen LogP contribution in [0.4, 0.5) is 4.79 Å². The van der Waals surface area contributed by atoms with Gasteiger partial charge in [0.2, 0.25) is 0 Å². The summed E-state index contributed by atoms with van der Waals surface area (Å²) in [5.41, 5.74) is 1.83. The van der Waals surface area contributed by atoms with Crippen molar-refractivity contribution < 1.29 is 9.53 Å². The van der Waals surface area contributed by atoms with Crippen LogP contribution in [0.1, 0.15) is 46.6 Å². The zero-order chi connectivity index (χ0) is 16.6. The van der Waals surface area contributed by atoms with Gasteiger partial charge in [0.25, 0.3) is 0 Å². The fourth-order valence-electron chi connectivity index (χ4n) is 1.78. The molecule has 0 bridgehead atoms. The number of nitrogens with zero attached hydrogens (tertiary/aromatic N) is 1. The van der Waals surface area contributed by atoms with Crippen molar-refractivity contribution in [3.63, 3.8) is 0 Å². The molecule has 0 fully saturated rings. The van der Waals surface area contributed by atoms with Gasteiger partial charge in [0.15, 0.2) is 0 Å². The quantitative estimate of drug-likeness (QED) is 0.618. The van der Waals surface area contributed by atoms with Gasteiger partial charge < -0.3 is 10.1 Å². The second kappa shape index (κ2) is 8.83. The van der Waals surface area contributed by atoms with Crippen LogP contribution in [-0.2, 0) is 4.74 Å². The van der Waals surface area contributed by atoms with Gasteiger partial charge in [-0.25, -0.2) is 4.79 Å². The van der Waals surface area contributed by atoms with Crippen molar-refractivity contribution >= 4 is 23.4 Å². The minimum Gasteiger partial charge on any atom is -0.444 e. The van der Waals surface area contributed by atoms with Gasteiger partial charge in [-0.05, 0) is 57.1 Å². The highest BCUT2D eigenvalue weighted by Crippen LogP contribution is 2.21. The lowest BCUT2D eigenvalue weighted by Gasteiger charge is -2.19. The predicted octanol–water partition coefficient (Wildman–Crippen LogP) is 4.51. The van der Waals surface area contributed by atoms with E-state index < -0.39 is 5.60 Å². The molecule has 4 nitrogen and oxygen atoms in total. The molecule has 1 amide bonds. The van der Waals surface area contributed by atoms with Crippen LogP contribution in [0.15, 0.2) is 29.4 Å². The molecule has 1 aromatic heterocycles. The highest BCUT2D eigenvalue weighted by atomic mass is 32.2. The van der Waals surface area contributed by atoms with E-state index in [1.165, 1.54) is 4.90 Å². The predicted molar refractivity (Wildman–Crippen MR) is 93.1 cm³/mol. The fourth-order valence-corrected chi connectivity index (χ4v) is 2.45. The molecule has 0 spiro atoms. The first-order valence-electron chi connectivity index (χ1n) is 7.53. The molecule has 0 saturated heterocycles. The second-order valence-electron chi connectivity index (χ2n) is 5.95. The zero-order valence-corrected chi connectivity index (χ0v) is 14.9. The average Bonchev–Trinajstić information content (AvgIpc) is 2.42. The Morgan fingerprint density at radius 2 is 2.14 bits per heavy atom. The SMILES string of the molecule is CCSc1cncc(C(C)=CCCNC(=O)OC(C)(C)C)c1. The Kier molecular flexibility index (Phi) is 7.45. The van der Waals surface area contributed by atoms with Crippen LogP contribution in [-0.4, -0.2) is 29.0 Å². The summed E-state index contributed by atoms with van der Waals surface area (Å²) in [6.07, 6.45) is 6.24. The topological polar surface area (TPSA) is 51.2 Å². The van der Waals surface area contributed by atoms with E-state index >= 15 is 0 Å². The number of nitrogens with one attached hydrogen (secondary N) is 1. The van der Waals surface area contributed by atoms with Gasteiger partial charge in [-0.2, -0.15) is 0 Å². The number of pyridine rings is 1. The molecule has 1 aromatic rings. The molecule has 0 saturated carbocycles. The summed E-state index contributed by atoms with van der Waals surface area (Å²) in [4.78, 5) is 17.0. The van der Waals surface area contributed by atoms with E-state index in [1.807, 2.05) is 33.2 Å². The van der Waals surface area contributed by atoms with Crippen LogP contribution in [0.2, 0.25) is 0 Å². The zero-order valence-electron chi connectivity index (χ0n) is 14.1. The molecule has 0 aromatic carbocycles. The molecule has 122 valence electrons. The van der Waals surface area contributed by atoms with Gasteiger partial charge in [-0.3, -0.25) is 4.98 Å². The molecule has 0 radical (unpaired) electrons. The van der Waals surface area contributed by atoms with E-state index in [0.29, 0.717) is 6.54 Å². The molecular weight excluding hydrogens is 296 g/mol. The molecule has 1 heterocycles. The van der Waals surface area contributed by atoms with Crippen molar-refractivity contribution in [3.8, 4) is 0 Å². The number of aromatic nitrogens is 1. The van der Waals surface area contributed by atoms with Gasteiger partial charge in [0.1, 0.15) is 5.60 Å². The largest absolute Gasteiger partial charge is 0.444 e. The summed E-state index contributed by atoms with van der Waals surface area (Å²) in [6, 6.07) is 2.15. The fraction of sp³-hybridized carbons (Fsp3) is 0.529. The number of carbonyl (C=O) groups is 1. The number of rotatable bonds is 6. The molecular formula is C17H26N2O2S. The normalized spacial score (nSPS) is 12.1. The Labute approximate surface area is 137 Å². The van der Waals surface area contributed by atoms with Crippen LogP contribution in [0.25, 0.3) is 5.57 Å². The Hall–Kier alpha value is -1.49. The lowest BCUT2D eigenvalue weighted by Crippen LogP contribution is -2.32. The first kappa shape index (κ1) is 18.6. The van der Waals surface area contributed by atoms with Crippen LogP contribution in [0.5, 0.6) is 0 Å². The standard InChI is InChI=1S/C17H26N2O2S/c1-6-22-15-10-14(11-18-12-15)13(2)8-7-9-19-16(20)21-17(3,4)5/h8,10-12H,6-7,9H2,1-5H3,(H,19,20). The van der Waals surface area contributed by atoms with Crippen molar-refractivity contribution in [2.45, 2.75) is 51.5 Å². The Bertz CT molecular complexity index is 522. The highest BCUT2D eigenvalue weighted by Gasteiger charge is 2.15. The highest BCUT2D eigenvalue weighted by molar-refractivity contribution is 7.99. The third kappa shape index (κ3) is 7.50. The van der Waals surface area contributed by atoms with E-state index in [4.69, 9.17) is 4.74 Å². The van der Waals surface area contributed by atoms with E-state index in [0.717, 1.165) is 23.3 Å². The van der Waals surface area contributed by atoms with Crippen molar-refractivity contribution in [1.29, 1.82) is 0 Å². The maximum Gasteiger partial charge on any atom is 0.407 e. The van der Waals surface area contributed by atoms with Crippen LogP contribution < -0.4 is 5.32 Å². The molecule has 5 heteroatoms. The number of ether oxygens (including phenoxy) is 1. The Morgan fingerprint density at radius 1 is 1.41 bits per heavy atom. The van der Waals surface area contributed by atoms with Gasteiger partial charge in [-0.1, -0.05) is 13.0 Å². The third-order valence-corrected chi connectivity index (χ3v) is 3.59. The van der Waals surface area contributed by atoms with Crippen molar-refractivity contribution in [2.24, 2.45) is 0 Å². The first-order valence-corrected chi connectivity index (χ1v) is 8.52. The smallest absolute Gasteiger partial charge is 0.407 e. The van der Waals surface area contributed by atoms with Crippen LogP contribution in [0.3, 0.4) is 0 Å². The monoisotopic (exact) mass is 322 g/mol. The molecule has 0 aliphatic heterocycles. The van der Waals surface area contributed by atoms with Crippen LogP contribution >= 0.6 is 11.8 Å². The van der Waals surface area contributed by atoms with E-state index in [-0.39, 0.29) is 6.09 Å². The molecule has 1 rings (SSSR count). The minimum absolute atomic E-state index is 0.374. The maximum atomic E-state index is 11.5. The maximum absolute atomic E-state index is 11.5. The molecule has 0 unspecified atom stereocenters. The van der Waals surface area contributed by atoms with E-state index in [2.05, 4.69) is 36.3 Å². The van der Waals surface area contributed by atoms with Crippen molar-refractivity contribution in [2.75, 3.05) is 12.3 Å². The number of hydrogen-bond acceptors (Lipinski definition) is 4. The summed E-state index contributed by atoms with van der Waals surface area (Å²) >= 11 is 1.78. The summed E-state index contributed by atoms with van der Waals surface area (Å²) in [7, 11) is 0. The molecule has 0 atom stereocenters. The number of allylic oxidation sites excluding steroid dienone is 1. The molecule has 22 heavy (non-hydrogen) atoms. The number of carbonyl (C=O) groups excluding carboxylic acids is 1. The van der Waals surface area contributed by atoms with E-state index in [9.17, 15) is 4.79 Å². The van der Waals surface area contributed by atoms with Crippen molar-refractivity contribution in [3.05, 3.63) is 30.1 Å². The van der Waals surface area contributed by atoms with Gasteiger partial charge >= 0.3 is 6.09 Å². The summed E-state index contributed by atoms with van der Waals surface area (Å²) in [5.74, 6) is 1.04. The summed E-state index contributed by atoms with van der Waals surface area (Å²) in [5, 5.41) is 2.75. The number of amides is 1. The van der Waals surface area contributed by atoms with E-state index in [1.54, 1.807) is 11.8 Å². The van der Waals surface area contributed by atoms with Crippen molar-refractivity contribution in [1.82, 2.24) is 10.3 Å². The van der Waals surface area contributed by atoms with Gasteiger partial charge in [-0.15, -0.1) is 11.8 Å². The molecule has 0 aliphatic carbocycles. The minimum atomic E-state index is -0.459. The summed E-state index contributed by atoms with van der Waals surface area (Å²) in [6.45, 7) is 10.3. The third-order valence-electron chi connectivity index (χ3n) is 2.74. The number of alkyl carbamates (subject to hydrolysis) is 1. The lowest BCUT2D eigenvalue weighted by atomic mass is 10.1. The number of thioether (sulfide) groups is 1. The van der Waals surface area contributed by atoms with Crippen LogP contribution in [0, 0.1) is 0 Å². The average molecular weight is 322 g/mol. The Balaban J connectivity index is 2.46. The summed E-state index contributed by atoms with van der Waals surface area (Å²) < 4.78 is 5.19. The van der Waals surface area contributed by atoms with Gasteiger partial charge in [0, 0.05) is 23.8 Å². The second-order valence-corrected chi connectivity index (χ2v) is 7.28.